The van der Waals surface area contributed by atoms with E-state index in [0.717, 1.165) is 31.2 Å². The molecular weight excluding hydrogens is 342 g/mol. The van der Waals surface area contributed by atoms with Crippen molar-refractivity contribution in [3.05, 3.63) is 47.0 Å². The van der Waals surface area contributed by atoms with Crippen molar-refractivity contribution in [3.63, 3.8) is 0 Å². The van der Waals surface area contributed by atoms with Crippen molar-refractivity contribution in [1.82, 2.24) is 4.90 Å². The molecule has 27 heavy (non-hydrogen) atoms. The van der Waals surface area contributed by atoms with Crippen LogP contribution in [-0.4, -0.2) is 35.3 Å². The molecule has 2 amide bonds. The normalized spacial score (nSPS) is 23.1. The maximum absolute atomic E-state index is 13.1. The summed E-state index contributed by atoms with van der Waals surface area (Å²) in [5.41, 5.74) is 1.70. The second-order valence-electron chi connectivity index (χ2n) is 7.50. The molecule has 0 atom stereocenters. The highest BCUT2D eigenvalue weighted by molar-refractivity contribution is 6.20. The number of hydrogen-bond donors (Lipinski definition) is 0. The lowest BCUT2D eigenvalue weighted by atomic mass is 9.86. The standard InChI is InChI=1S/C22H27NO4/c1-3-27-20(24)14-19-18(13-16-7-5-4-6-8-16)21(25)23(22(19)26)17-11-9-15(2)10-12-17/h4-8,15,17H,3,9-14H2,1-2H3. The molecule has 0 saturated heterocycles. The number of ether oxygens (including phenoxy) is 1. The second-order valence-corrected chi connectivity index (χ2v) is 7.50. The first kappa shape index (κ1) is 19.3. The van der Waals surface area contributed by atoms with Gasteiger partial charge in [-0.1, -0.05) is 37.3 Å². The minimum Gasteiger partial charge on any atom is -0.466 e. The van der Waals surface area contributed by atoms with Crippen LogP contribution >= 0.6 is 0 Å². The summed E-state index contributed by atoms with van der Waals surface area (Å²) < 4.78 is 5.03. The summed E-state index contributed by atoms with van der Waals surface area (Å²) in [7, 11) is 0. The smallest absolute Gasteiger partial charge is 0.310 e. The monoisotopic (exact) mass is 369 g/mol. The molecule has 2 aliphatic rings. The van der Waals surface area contributed by atoms with Crippen LogP contribution in [0.3, 0.4) is 0 Å². The molecule has 0 spiro atoms. The summed E-state index contributed by atoms with van der Waals surface area (Å²) in [5.74, 6) is -0.371. The van der Waals surface area contributed by atoms with Crippen molar-refractivity contribution in [1.29, 1.82) is 0 Å². The number of amides is 2. The van der Waals surface area contributed by atoms with E-state index in [1.54, 1.807) is 6.92 Å². The predicted molar refractivity (Wildman–Crippen MR) is 102 cm³/mol. The molecule has 5 heteroatoms. The quantitative estimate of drug-likeness (QED) is 0.569. The Kier molecular flexibility index (Phi) is 6.09. The van der Waals surface area contributed by atoms with E-state index < -0.39 is 5.97 Å². The van der Waals surface area contributed by atoms with Crippen LogP contribution in [0.4, 0.5) is 0 Å². The van der Waals surface area contributed by atoms with Crippen LogP contribution in [-0.2, 0) is 25.5 Å². The number of carbonyl (C=O) groups excluding carboxylic acids is 3. The highest BCUT2D eigenvalue weighted by Gasteiger charge is 2.43. The van der Waals surface area contributed by atoms with E-state index in [4.69, 9.17) is 4.74 Å². The Morgan fingerprint density at radius 1 is 1.04 bits per heavy atom. The van der Waals surface area contributed by atoms with E-state index in [0.29, 0.717) is 23.5 Å². The maximum Gasteiger partial charge on any atom is 0.310 e. The van der Waals surface area contributed by atoms with E-state index in [9.17, 15) is 14.4 Å². The molecule has 1 aliphatic carbocycles. The topological polar surface area (TPSA) is 63.7 Å². The van der Waals surface area contributed by atoms with Gasteiger partial charge in [0, 0.05) is 23.6 Å². The molecule has 0 radical (unpaired) electrons. The zero-order valence-corrected chi connectivity index (χ0v) is 16.1. The van der Waals surface area contributed by atoms with Crippen LogP contribution < -0.4 is 0 Å². The van der Waals surface area contributed by atoms with Crippen LogP contribution in [0, 0.1) is 5.92 Å². The number of nitrogens with zero attached hydrogens (tertiary/aromatic N) is 1. The number of esters is 1. The summed E-state index contributed by atoms with van der Waals surface area (Å²) in [5, 5.41) is 0. The molecule has 0 bridgehead atoms. The van der Waals surface area contributed by atoms with Crippen molar-refractivity contribution in [2.24, 2.45) is 5.92 Å². The molecule has 0 unspecified atom stereocenters. The van der Waals surface area contributed by atoms with Gasteiger partial charge < -0.3 is 4.74 Å². The molecule has 144 valence electrons. The number of rotatable bonds is 6. The minimum atomic E-state index is -0.460. The predicted octanol–water partition coefficient (Wildman–Crippen LogP) is 3.43. The van der Waals surface area contributed by atoms with E-state index >= 15 is 0 Å². The fraction of sp³-hybridized carbons (Fsp3) is 0.500. The molecule has 1 saturated carbocycles. The number of benzene rings is 1. The first-order chi connectivity index (χ1) is 13.0. The van der Waals surface area contributed by atoms with Crippen molar-refractivity contribution in [2.45, 2.75) is 58.4 Å². The Morgan fingerprint density at radius 3 is 2.30 bits per heavy atom. The number of carbonyl (C=O) groups is 3. The van der Waals surface area contributed by atoms with Gasteiger partial charge in [-0.15, -0.1) is 0 Å². The summed E-state index contributed by atoms with van der Waals surface area (Å²) in [4.78, 5) is 39.7. The molecule has 1 aromatic carbocycles. The molecule has 1 heterocycles. The first-order valence-electron chi connectivity index (χ1n) is 9.80. The van der Waals surface area contributed by atoms with Gasteiger partial charge in [0.2, 0.25) is 0 Å². The molecule has 0 N–H and O–H groups in total. The van der Waals surface area contributed by atoms with E-state index in [1.165, 1.54) is 4.90 Å². The largest absolute Gasteiger partial charge is 0.466 e. The lowest BCUT2D eigenvalue weighted by Gasteiger charge is -2.32. The van der Waals surface area contributed by atoms with Gasteiger partial charge in [0.15, 0.2) is 0 Å². The minimum absolute atomic E-state index is 0.0633. The lowest BCUT2D eigenvalue weighted by Crippen LogP contribution is -2.43. The second kappa shape index (κ2) is 8.51. The third-order valence-corrected chi connectivity index (χ3v) is 5.52. The van der Waals surface area contributed by atoms with Gasteiger partial charge in [0.1, 0.15) is 0 Å². The van der Waals surface area contributed by atoms with Crippen molar-refractivity contribution in [3.8, 4) is 0 Å². The van der Waals surface area contributed by atoms with Crippen LogP contribution in [0.2, 0.25) is 0 Å². The molecule has 1 aliphatic heterocycles. The van der Waals surface area contributed by atoms with E-state index in [-0.39, 0.29) is 30.9 Å². The average molecular weight is 369 g/mol. The molecule has 1 aromatic rings. The van der Waals surface area contributed by atoms with Crippen molar-refractivity contribution >= 4 is 17.8 Å². The molecule has 1 fully saturated rings. The van der Waals surface area contributed by atoms with E-state index in [2.05, 4.69) is 6.92 Å². The Hall–Kier alpha value is -2.43. The van der Waals surface area contributed by atoms with Crippen LogP contribution in [0.5, 0.6) is 0 Å². The van der Waals surface area contributed by atoms with Gasteiger partial charge in [-0.25, -0.2) is 0 Å². The highest BCUT2D eigenvalue weighted by atomic mass is 16.5. The first-order valence-corrected chi connectivity index (χ1v) is 9.80. The number of imide groups is 1. The third kappa shape index (κ3) is 4.29. The zero-order chi connectivity index (χ0) is 19.4. The van der Waals surface area contributed by atoms with Gasteiger partial charge in [-0.3, -0.25) is 19.3 Å². The van der Waals surface area contributed by atoms with Crippen LogP contribution in [0.15, 0.2) is 41.5 Å². The Labute approximate surface area is 160 Å². The van der Waals surface area contributed by atoms with Gasteiger partial charge >= 0.3 is 5.97 Å². The van der Waals surface area contributed by atoms with E-state index in [1.807, 2.05) is 30.3 Å². The molecule has 0 aromatic heterocycles. The summed E-state index contributed by atoms with van der Waals surface area (Å²) in [6.45, 7) is 4.19. The fourth-order valence-electron chi connectivity index (χ4n) is 3.99. The van der Waals surface area contributed by atoms with Gasteiger partial charge in [0.05, 0.1) is 13.0 Å². The molecule has 3 rings (SSSR count). The van der Waals surface area contributed by atoms with Gasteiger partial charge in [0.25, 0.3) is 11.8 Å². The summed E-state index contributed by atoms with van der Waals surface area (Å²) in [6, 6.07) is 9.51. The zero-order valence-electron chi connectivity index (χ0n) is 16.1. The highest BCUT2D eigenvalue weighted by Crippen LogP contribution is 2.34. The van der Waals surface area contributed by atoms with Crippen molar-refractivity contribution < 1.29 is 19.1 Å². The lowest BCUT2D eigenvalue weighted by molar-refractivity contribution is -0.145. The molecule has 5 nitrogen and oxygen atoms in total. The van der Waals surface area contributed by atoms with Gasteiger partial charge in [-0.2, -0.15) is 0 Å². The number of hydrogen-bond acceptors (Lipinski definition) is 4. The van der Waals surface area contributed by atoms with Crippen molar-refractivity contribution in [2.75, 3.05) is 6.61 Å². The summed E-state index contributed by atoms with van der Waals surface area (Å²) >= 11 is 0. The third-order valence-electron chi connectivity index (χ3n) is 5.52. The van der Waals surface area contributed by atoms with Crippen LogP contribution in [0.1, 0.15) is 51.5 Å². The average Bonchev–Trinajstić information content (AvgIpc) is 2.88. The molecular formula is C22H27NO4. The maximum atomic E-state index is 13.1. The Balaban J connectivity index is 1.87. The summed E-state index contributed by atoms with van der Waals surface area (Å²) in [6.07, 6.45) is 3.93. The SMILES string of the molecule is CCOC(=O)CC1=C(Cc2ccccc2)C(=O)N(C2CCC(C)CC2)C1=O. The Morgan fingerprint density at radius 2 is 1.67 bits per heavy atom. The van der Waals surface area contributed by atoms with Gasteiger partial charge in [-0.05, 0) is 44.1 Å². The fourth-order valence-corrected chi connectivity index (χ4v) is 3.99. The van der Waals surface area contributed by atoms with Crippen LogP contribution in [0.25, 0.3) is 0 Å². The Bertz CT molecular complexity index is 745.